The highest BCUT2D eigenvalue weighted by atomic mass is 35.5. The van der Waals surface area contributed by atoms with Gasteiger partial charge in [0.2, 0.25) is 0 Å². The van der Waals surface area contributed by atoms with Crippen LogP contribution in [0.1, 0.15) is 27.6 Å². The number of thioether (sulfide) groups is 2. The summed E-state index contributed by atoms with van der Waals surface area (Å²) in [6, 6.07) is 15.6. The molecule has 12 heteroatoms. The number of aldehydes is 1. The Morgan fingerprint density at radius 2 is 1.42 bits per heavy atom. The first-order chi connectivity index (χ1) is 17.3. The quantitative estimate of drug-likeness (QED) is 0.108. The molecule has 2 aromatic heterocycles. The predicted molar refractivity (Wildman–Crippen MR) is 150 cm³/mol. The van der Waals surface area contributed by atoms with Crippen molar-refractivity contribution in [1.82, 2.24) is 19.9 Å². The average Bonchev–Trinajstić information content (AvgIpc) is 2.89. The summed E-state index contributed by atoms with van der Waals surface area (Å²) in [7, 11) is 0. The number of halogens is 4. The fraction of sp³-hybridized carbons (Fsp3) is 0.125. The van der Waals surface area contributed by atoms with Crippen molar-refractivity contribution in [3.8, 4) is 0 Å². The maximum Gasteiger partial charge on any atom is 0.188 e. The molecule has 0 fully saturated rings. The van der Waals surface area contributed by atoms with Crippen LogP contribution in [0, 0.1) is 0 Å². The molecule has 0 saturated carbocycles. The molecule has 1 unspecified atom stereocenters. The molecular formula is C24H20Cl4N4O2S2. The number of carbonyl (C=O) groups is 1. The van der Waals surface area contributed by atoms with Gasteiger partial charge in [0, 0.05) is 34.1 Å². The van der Waals surface area contributed by atoms with Gasteiger partial charge in [-0.25, -0.2) is 19.9 Å². The van der Waals surface area contributed by atoms with Gasteiger partial charge in [-0.15, -0.1) is 0 Å². The van der Waals surface area contributed by atoms with E-state index in [1.165, 1.54) is 29.7 Å². The molecule has 0 bridgehead atoms. The number of rotatable bonds is 5. The number of carbonyl (C=O) groups excluding carboxylic acids is 1. The van der Waals surface area contributed by atoms with Crippen LogP contribution in [0.15, 0.2) is 77.3 Å². The SMILES string of the molecule is CSc1ncc(C(O)c2ccccc2Cl)c(Cl)n1.CSc1nccc(Cl)n1.O=Cc1ccccc1Cl. The van der Waals surface area contributed by atoms with E-state index >= 15 is 0 Å². The Kier molecular flexibility index (Phi) is 13.5. The molecule has 0 amide bonds. The fourth-order valence-electron chi connectivity index (χ4n) is 2.49. The Bertz CT molecular complexity index is 1280. The summed E-state index contributed by atoms with van der Waals surface area (Å²) in [5, 5.41) is 13.3. The third-order valence-corrected chi connectivity index (χ3v) is 6.56. The van der Waals surface area contributed by atoms with E-state index in [2.05, 4.69) is 19.9 Å². The van der Waals surface area contributed by atoms with Crippen LogP contribution in [0.3, 0.4) is 0 Å². The summed E-state index contributed by atoms with van der Waals surface area (Å²) >= 11 is 26.1. The van der Waals surface area contributed by atoms with Crippen molar-refractivity contribution in [3.63, 3.8) is 0 Å². The van der Waals surface area contributed by atoms with Gasteiger partial charge in [0.1, 0.15) is 16.4 Å². The summed E-state index contributed by atoms with van der Waals surface area (Å²) < 4.78 is 0. The van der Waals surface area contributed by atoms with Crippen molar-refractivity contribution in [1.29, 1.82) is 0 Å². The van der Waals surface area contributed by atoms with Crippen molar-refractivity contribution < 1.29 is 9.90 Å². The fourth-order valence-corrected chi connectivity index (χ4v) is 4.08. The zero-order chi connectivity index (χ0) is 26.5. The predicted octanol–water partition coefficient (Wildman–Crippen LogP) is 7.59. The first kappa shape index (κ1) is 30.3. The van der Waals surface area contributed by atoms with Crippen LogP contribution in [-0.2, 0) is 0 Å². The van der Waals surface area contributed by atoms with Gasteiger partial charge in [-0.3, -0.25) is 4.79 Å². The summed E-state index contributed by atoms with van der Waals surface area (Å²) in [4.78, 5) is 26.2. The molecule has 0 aliphatic rings. The normalized spacial score (nSPS) is 10.9. The minimum atomic E-state index is -0.929. The monoisotopic (exact) mass is 600 g/mol. The molecule has 0 aliphatic heterocycles. The number of hydrogen-bond acceptors (Lipinski definition) is 8. The van der Waals surface area contributed by atoms with E-state index in [-0.39, 0.29) is 5.15 Å². The molecule has 2 aromatic carbocycles. The van der Waals surface area contributed by atoms with Gasteiger partial charge in [-0.1, -0.05) is 106 Å². The standard InChI is InChI=1S/C12H10Cl2N2OS.C7H5ClO.C5H5ClN2S/c1-18-12-15-6-8(11(14)16-12)10(17)7-4-2-3-5-9(7)13;8-7-4-2-1-3-6(7)5-9;1-9-5-7-3-2-4(6)8-5/h2-6,10,17H,1H3;1-5H;2-3H,1H3. The molecule has 6 nitrogen and oxygen atoms in total. The van der Waals surface area contributed by atoms with Crippen LogP contribution in [0.4, 0.5) is 0 Å². The Labute approximate surface area is 237 Å². The summed E-state index contributed by atoms with van der Waals surface area (Å²) in [5.41, 5.74) is 1.57. The van der Waals surface area contributed by atoms with Crippen LogP contribution in [0.5, 0.6) is 0 Å². The van der Waals surface area contributed by atoms with Crippen molar-refractivity contribution >= 4 is 76.2 Å². The maximum atomic E-state index is 10.3. The van der Waals surface area contributed by atoms with Crippen LogP contribution in [0.25, 0.3) is 0 Å². The second-order valence-electron chi connectivity index (χ2n) is 6.53. The van der Waals surface area contributed by atoms with E-state index in [1.54, 1.807) is 60.8 Å². The van der Waals surface area contributed by atoms with Crippen molar-refractivity contribution in [2.75, 3.05) is 12.5 Å². The molecule has 188 valence electrons. The lowest BCUT2D eigenvalue weighted by Gasteiger charge is -2.13. The molecule has 1 atom stereocenters. The van der Waals surface area contributed by atoms with E-state index in [0.29, 0.717) is 42.2 Å². The van der Waals surface area contributed by atoms with Gasteiger partial charge >= 0.3 is 0 Å². The van der Waals surface area contributed by atoms with Crippen molar-refractivity contribution in [2.45, 2.75) is 16.4 Å². The Balaban J connectivity index is 0.000000212. The number of benzene rings is 2. The smallest absolute Gasteiger partial charge is 0.188 e. The van der Waals surface area contributed by atoms with Crippen LogP contribution < -0.4 is 0 Å². The second-order valence-corrected chi connectivity index (χ2v) is 9.64. The molecule has 0 saturated heterocycles. The molecule has 36 heavy (non-hydrogen) atoms. The second kappa shape index (κ2) is 16.0. The lowest BCUT2D eigenvalue weighted by molar-refractivity contribution is 0.112. The van der Waals surface area contributed by atoms with E-state index < -0.39 is 6.10 Å². The van der Waals surface area contributed by atoms with Crippen molar-refractivity contribution in [3.05, 3.63) is 104 Å². The largest absolute Gasteiger partial charge is 0.383 e. The van der Waals surface area contributed by atoms with Crippen LogP contribution >= 0.6 is 69.9 Å². The van der Waals surface area contributed by atoms with Gasteiger partial charge < -0.3 is 5.11 Å². The van der Waals surface area contributed by atoms with E-state index in [0.717, 1.165) is 6.29 Å². The Morgan fingerprint density at radius 1 is 0.806 bits per heavy atom. The minimum Gasteiger partial charge on any atom is -0.383 e. The molecule has 0 spiro atoms. The molecule has 0 radical (unpaired) electrons. The third-order valence-electron chi connectivity index (χ3n) is 4.24. The lowest BCUT2D eigenvalue weighted by atomic mass is 10.0. The highest BCUT2D eigenvalue weighted by Crippen LogP contribution is 2.31. The van der Waals surface area contributed by atoms with Crippen LogP contribution in [0.2, 0.25) is 20.4 Å². The first-order valence-corrected chi connectivity index (χ1v) is 14.0. The number of nitrogens with zero attached hydrogens (tertiary/aromatic N) is 4. The molecule has 4 aromatic rings. The molecule has 1 N–H and O–H groups in total. The van der Waals surface area contributed by atoms with E-state index in [4.69, 9.17) is 46.4 Å². The van der Waals surface area contributed by atoms with Gasteiger partial charge in [0.15, 0.2) is 16.6 Å². The number of aliphatic hydroxyl groups excluding tert-OH is 1. The molecular weight excluding hydrogens is 582 g/mol. The van der Waals surface area contributed by atoms with Gasteiger partial charge in [-0.2, -0.15) is 0 Å². The topological polar surface area (TPSA) is 88.9 Å². The van der Waals surface area contributed by atoms with Crippen molar-refractivity contribution in [2.24, 2.45) is 0 Å². The average molecular weight is 602 g/mol. The summed E-state index contributed by atoms with van der Waals surface area (Å²) in [6.45, 7) is 0. The highest BCUT2D eigenvalue weighted by Gasteiger charge is 2.18. The Morgan fingerprint density at radius 3 is 1.92 bits per heavy atom. The Hall–Kier alpha value is -1.91. The summed E-state index contributed by atoms with van der Waals surface area (Å²) in [6.07, 6.45) is 6.74. The van der Waals surface area contributed by atoms with Gasteiger partial charge in [0.05, 0.1) is 5.02 Å². The van der Waals surface area contributed by atoms with E-state index in [9.17, 15) is 9.90 Å². The first-order valence-electron chi connectivity index (χ1n) is 10.0. The highest BCUT2D eigenvalue weighted by molar-refractivity contribution is 7.98. The molecule has 4 rings (SSSR count). The maximum absolute atomic E-state index is 10.3. The zero-order valence-electron chi connectivity index (χ0n) is 19.0. The number of hydrogen-bond donors (Lipinski definition) is 1. The lowest BCUT2D eigenvalue weighted by Crippen LogP contribution is -2.04. The minimum absolute atomic E-state index is 0.238. The zero-order valence-corrected chi connectivity index (χ0v) is 23.6. The van der Waals surface area contributed by atoms with E-state index in [1.807, 2.05) is 12.5 Å². The van der Waals surface area contributed by atoms with Gasteiger partial charge in [0.25, 0.3) is 0 Å². The summed E-state index contributed by atoms with van der Waals surface area (Å²) in [5.74, 6) is 0. The molecule has 0 aliphatic carbocycles. The van der Waals surface area contributed by atoms with Crippen LogP contribution in [-0.4, -0.2) is 43.8 Å². The number of aromatic nitrogens is 4. The van der Waals surface area contributed by atoms with Gasteiger partial charge in [-0.05, 0) is 30.7 Å². The number of aliphatic hydroxyl groups is 1. The third kappa shape index (κ3) is 9.52. The molecule has 2 heterocycles.